The van der Waals surface area contributed by atoms with Gasteiger partial charge < -0.3 is 5.32 Å². The average Bonchev–Trinajstić information content (AvgIpc) is 2.96. The zero-order valence-electron chi connectivity index (χ0n) is 13.3. The molecule has 0 unspecified atom stereocenters. The Labute approximate surface area is 146 Å². The normalized spacial score (nSPS) is 11.5. The Hall–Kier alpha value is -2.48. The van der Waals surface area contributed by atoms with Crippen LogP contribution in [-0.4, -0.2) is 21.5 Å². The van der Waals surface area contributed by atoms with Crippen molar-refractivity contribution in [3.05, 3.63) is 58.2 Å². The molecule has 2 heterocycles. The van der Waals surface area contributed by atoms with Gasteiger partial charge in [-0.1, -0.05) is 30.3 Å². The third-order valence-electron chi connectivity index (χ3n) is 3.46. The molecule has 0 bridgehead atoms. The van der Waals surface area contributed by atoms with E-state index in [0.29, 0.717) is 13.0 Å². The molecular weight excluding hydrogens is 349 g/mol. The Morgan fingerprint density at radius 1 is 1.08 bits per heavy atom. The van der Waals surface area contributed by atoms with Crippen LogP contribution in [0.15, 0.2) is 42.6 Å². The van der Waals surface area contributed by atoms with Crippen LogP contribution in [0.2, 0.25) is 0 Å². The van der Waals surface area contributed by atoms with Crippen LogP contribution in [0.25, 0.3) is 11.3 Å². The maximum atomic E-state index is 12.6. The van der Waals surface area contributed by atoms with Crippen molar-refractivity contribution in [2.75, 3.05) is 11.9 Å². The zero-order chi connectivity index (χ0) is 17.9. The van der Waals surface area contributed by atoms with Gasteiger partial charge in [0.1, 0.15) is 5.69 Å². The van der Waals surface area contributed by atoms with Crippen molar-refractivity contribution in [1.82, 2.24) is 15.0 Å². The van der Waals surface area contributed by atoms with E-state index in [1.807, 2.05) is 37.3 Å². The van der Waals surface area contributed by atoms with Crippen molar-refractivity contribution in [2.24, 2.45) is 0 Å². The Morgan fingerprint density at radius 3 is 2.56 bits per heavy atom. The number of nitrogens with one attached hydrogen (secondary N) is 1. The van der Waals surface area contributed by atoms with Crippen molar-refractivity contribution in [1.29, 1.82) is 0 Å². The number of thiazole rings is 1. The summed E-state index contributed by atoms with van der Waals surface area (Å²) in [5.41, 5.74) is 1.04. The highest BCUT2D eigenvalue weighted by atomic mass is 32.1. The Balaban J connectivity index is 1.64. The van der Waals surface area contributed by atoms with Crippen LogP contribution in [0.4, 0.5) is 19.1 Å². The topological polar surface area (TPSA) is 50.7 Å². The molecule has 0 radical (unpaired) electrons. The Morgan fingerprint density at radius 2 is 1.84 bits per heavy atom. The van der Waals surface area contributed by atoms with E-state index in [1.165, 1.54) is 0 Å². The van der Waals surface area contributed by atoms with E-state index in [-0.39, 0.29) is 5.95 Å². The number of rotatable bonds is 5. The van der Waals surface area contributed by atoms with E-state index in [2.05, 4.69) is 20.3 Å². The predicted octanol–water partition coefficient (Wildman–Crippen LogP) is 4.58. The van der Waals surface area contributed by atoms with E-state index in [4.69, 9.17) is 0 Å². The molecule has 2 aromatic heterocycles. The lowest BCUT2D eigenvalue weighted by molar-refractivity contribution is -0.141. The molecule has 4 nitrogen and oxygen atoms in total. The Kier molecular flexibility index (Phi) is 4.98. The number of halogens is 3. The van der Waals surface area contributed by atoms with Gasteiger partial charge in [-0.15, -0.1) is 11.3 Å². The summed E-state index contributed by atoms with van der Waals surface area (Å²) in [6.45, 7) is 2.41. The fraction of sp³-hybridized carbons (Fsp3) is 0.235. The van der Waals surface area contributed by atoms with Crippen molar-refractivity contribution >= 4 is 17.3 Å². The SMILES string of the molecule is Cc1sc(CCNc2nccc(C(F)(F)F)n2)nc1-c1ccccc1. The lowest BCUT2D eigenvalue weighted by atomic mass is 10.1. The van der Waals surface area contributed by atoms with Gasteiger partial charge in [0.2, 0.25) is 5.95 Å². The van der Waals surface area contributed by atoms with Gasteiger partial charge >= 0.3 is 6.18 Å². The van der Waals surface area contributed by atoms with E-state index in [1.54, 1.807) is 11.3 Å². The Bertz CT molecular complexity index is 847. The predicted molar refractivity (Wildman–Crippen MR) is 91.5 cm³/mol. The minimum Gasteiger partial charge on any atom is -0.354 e. The zero-order valence-corrected chi connectivity index (χ0v) is 14.2. The van der Waals surface area contributed by atoms with Gasteiger partial charge in [0.25, 0.3) is 0 Å². The molecule has 0 saturated carbocycles. The summed E-state index contributed by atoms with van der Waals surface area (Å²) < 4.78 is 37.9. The molecular formula is C17H15F3N4S. The lowest BCUT2D eigenvalue weighted by Gasteiger charge is -2.07. The van der Waals surface area contributed by atoms with Crippen LogP contribution in [0.3, 0.4) is 0 Å². The molecule has 0 aliphatic rings. The van der Waals surface area contributed by atoms with Gasteiger partial charge in [0.05, 0.1) is 10.7 Å². The first-order chi connectivity index (χ1) is 11.9. The molecule has 1 N–H and O–H groups in total. The minimum atomic E-state index is -4.48. The molecule has 0 aliphatic carbocycles. The molecule has 0 fully saturated rings. The molecule has 0 spiro atoms. The first-order valence-electron chi connectivity index (χ1n) is 7.59. The van der Waals surface area contributed by atoms with Crippen LogP contribution in [-0.2, 0) is 12.6 Å². The summed E-state index contributed by atoms with van der Waals surface area (Å²) in [6.07, 6.45) is -2.80. The molecule has 3 aromatic rings. The highest BCUT2D eigenvalue weighted by Gasteiger charge is 2.32. The van der Waals surface area contributed by atoms with Gasteiger partial charge in [-0.2, -0.15) is 13.2 Å². The second kappa shape index (κ2) is 7.18. The third kappa shape index (κ3) is 4.33. The van der Waals surface area contributed by atoms with Crippen molar-refractivity contribution in [2.45, 2.75) is 19.5 Å². The first kappa shape index (κ1) is 17.3. The standard InChI is InChI=1S/C17H15F3N4S/c1-11-15(12-5-3-2-4-6-12)24-14(25-11)8-10-22-16-21-9-7-13(23-16)17(18,19)20/h2-7,9H,8,10H2,1H3,(H,21,22,23). The smallest absolute Gasteiger partial charge is 0.354 e. The van der Waals surface area contributed by atoms with Gasteiger partial charge in [-0.25, -0.2) is 15.0 Å². The molecule has 3 rings (SSSR count). The number of alkyl halides is 3. The fourth-order valence-corrected chi connectivity index (χ4v) is 3.26. The highest BCUT2D eigenvalue weighted by molar-refractivity contribution is 7.12. The van der Waals surface area contributed by atoms with Gasteiger partial charge in [0, 0.05) is 29.6 Å². The molecule has 8 heteroatoms. The summed E-state index contributed by atoms with van der Waals surface area (Å²) in [7, 11) is 0. The van der Waals surface area contributed by atoms with Crippen molar-refractivity contribution in [3.63, 3.8) is 0 Å². The van der Waals surface area contributed by atoms with Crippen LogP contribution < -0.4 is 5.32 Å². The van der Waals surface area contributed by atoms with Gasteiger partial charge in [-0.05, 0) is 13.0 Å². The van der Waals surface area contributed by atoms with Crippen LogP contribution in [0.5, 0.6) is 0 Å². The minimum absolute atomic E-state index is 0.0358. The van der Waals surface area contributed by atoms with Gasteiger partial charge in [-0.3, -0.25) is 0 Å². The van der Waals surface area contributed by atoms with Gasteiger partial charge in [0.15, 0.2) is 0 Å². The number of hydrogen-bond donors (Lipinski definition) is 1. The number of anilines is 1. The second-order valence-electron chi connectivity index (χ2n) is 5.32. The highest BCUT2D eigenvalue weighted by Crippen LogP contribution is 2.28. The van der Waals surface area contributed by atoms with Crippen molar-refractivity contribution < 1.29 is 13.2 Å². The number of aromatic nitrogens is 3. The average molecular weight is 364 g/mol. The van der Waals surface area contributed by atoms with E-state index in [9.17, 15) is 13.2 Å². The summed E-state index contributed by atoms with van der Waals surface area (Å²) in [5, 5.41) is 3.73. The number of aryl methyl sites for hydroxylation is 1. The van der Waals surface area contributed by atoms with Crippen LogP contribution in [0, 0.1) is 6.92 Å². The maximum Gasteiger partial charge on any atom is 0.433 e. The first-order valence-corrected chi connectivity index (χ1v) is 8.41. The number of hydrogen-bond acceptors (Lipinski definition) is 5. The molecule has 0 saturated heterocycles. The summed E-state index contributed by atoms with van der Waals surface area (Å²) in [6, 6.07) is 10.7. The molecule has 0 atom stereocenters. The molecule has 130 valence electrons. The van der Waals surface area contributed by atoms with E-state index < -0.39 is 11.9 Å². The van der Waals surface area contributed by atoms with Crippen molar-refractivity contribution in [3.8, 4) is 11.3 Å². The van der Waals surface area contributed by atoms with E-state index in [0.717, 1.165) is 33.4 Å². The maximum absolute atomic E-state index is 12.6. The lowest BCUT2D eigenvalue weighted by Crippen LogP contribution is -2.13. The quantitative estimate of drug-likeness (QED) is 0.720. The second-order valence-corrected chi connectivity index (χ2v) is 6.61. The fourth-order valence-electron chi connectivity index (χ4n) is 2.31. The molecule has 0 aliphatic heterocycles. The largest absolute Gasteiger partial charge is 0.433 e. The molecule has 1 aromatic carbocycles. The number of nitrogens with zero attached hydrogens (tertiary/aromatic N) is 3. The molecule has 0 amide bonds. The molecule has 25 heavy (non-hydrogen) atoms. The van der Waals surface area contributed by atoms with Crippen LogP contribution >= 0.6 is 11.3 Å². The summed E-state index contributed by atoms with van der Waals surface area (Å²) in [4.78, 5) is 13.0. The number of benzene rings is 1. The van der Waals surface area contributed by atoms with E-state index >= 15 is 0 Å². The van der Waals surface area contributed by atoms with Crippen LogP contribution in [0.1, 0.15) is 15.6 Å². The summed E-state index contributed by atoms with van der Waals surface area (Å²) >= 11 is 1.58. The monoisotopic (exact) mass is 364 g/mol. The summed E-state index contributed by atoms with van der Waals surface area (Å²) in [5.74, 6) is -0.0358. The third-order valence-corrected chi connectivity index (χ3v) is 4.49.